The van der Waals surface area contributed by atoms with E-state index in [1.807, 2.05) is 0 Å². The molecule has 0 aliphatic heterocycles. The van der Waals surface area contributed by atoms with Crippen molar-refractivity contribution in [2.45, 2.75) is 70.0 Å². The summed E-state index contributed by atoms with van der Waals surface area (Å²) in [7, 11) is -2.85. The second-order valence-electron chi connectivity index (χ2n) is 5.21. The number of aliphatic hydroxyl groups excluding tert-OH is 1. The summed E-state index contributed by atoms with van der Waals surface area (Å²) < 4.78 is 11.4. The molecule has 0 spiro atoms. The standard InChI is InChI=1S/C13H30NO4P/c1-3-4-5-6-7-8-9-10-11-13(12-15,14-2)19(16,17)18/h14-15H,3-12H2,1-2H3,(H2,16,17,18). The van der Waals surface area contributed by atoms with Crippen molar-refractivity contribution in [3.63, 3.8) is 0 Å². The minimum absolute atomic E-state index is 0.305. The van der Waals surface area contributed by atoms with Crippen LogP contribution in [0, 0.1) is 0 Å². The summed E-state index contributed by atoms with van der Waals surface area (Å²) in [5.74, 6) is 0. The molecule has 0 aromatic heterocycles. The Kier molecular flexibility index (Phi) is 9.93. The van der Waals surface area contributed by atoms with Gasteiger partial charge in [-0.3, -0.25) is 4.57 Å². The van der Waals surface area contributed by atoms with Gasteiger partial charge in [-0.15, -0.1) is 0 Å². The van der Waals surface area contributed by atoms with E-state index in [9.17, 15) is 19.5 Å². The zero-order valence-electron chi connectivity index (χ0n) is 12.3. The van der Waals surface area contributed by atoms with Gasteiger partial charge >= 0.3 is 7.60 Å². The third-order valence-corrected chi connectivity index (χ3v) is 5.43. The molecule has 1 atom stereocenters. The minimum atomic E-state index is -4.34. The first-order chi connectivity index (χ1) is 8.93. The van der Waals surface area contributed by atoms with Crippen LogP contribution in [0.15, 0.2) is 0 Å². The van der Waals surface area contributed by atoms with Crippen LogP contribution in [0.3, 0.4) is 0 Å². The summed E-state index contributed by atoms with van der Waals surface area (Å²) in [5.41, 5.74) is 0. The summed E-state index contributed by atoms with van der Waals surface area (Å²) in [6.45, 7) is 1.65. The molecule has 0 fully saturated rings. The Bertz CT molecular complexity index is 263. The summed E-state index contributed by atoms with van der Waals surface area (Å²) in [4.78, 5) is 18.6. The van der Waals surface area contributed by atoms with Gasteiger partial charge in [-0.25, -0.2) is 0 Å². The second-order valence-corrected chi connectivity index (χ2v) is 7.15. The van der Waals surface area contributed by atoms with Crippen LogP contribution in [0.1, 0.15) is 64.7 Å². The van der Waals surface area contributed by atoms with Gasteiger partial charge < -0.3 is 20.2 Å². The molecule has 0 aromatic carbocycles. The molecular weight excluding hydrogens is 265 g/mol. The zero-order chi connectivity index (χ0) is 14.8. The van der Waals surface area contributed by atoms with E-state index in [0.29, 0.717) is 6.42 Å². The van der Waals surface area contributed by atoms with Crippen LogP contribution in [0.4, 0.5) is 0 Å². The number of likely N-dealkylation sites (N-methyl/N-ethyl adjacent to an activating group) is 1. The maximum atomic E-state index is 11.4. The van der Waals surface area contributed by atoms with Crippen LogP contribution in [0.2, 0.25) is 0 Å². The molecule has 1 unspecified atom stereocenters. The highest BCUT2D eigenvalue weighted by atomic mass is 31.2. The molecule has 6 heteroatoms. The first-order valence-corrected chi connectivity index (χ1v) is 8.90. The highest BCUT2D eigenvalue weighted by molar-refractivity contribution is 7.53. The van der Waals surface area contributed by atoms with E-state index in [4.69, 9.17) is 0 Å². The van der Waals surface area contributed by atoms with Gasteiger partial charge in [0, 0.05) is 0 Å². The average Bonchev–Trinajstić information content (AvgIpc) is 2.36. The molecular formula is C13H30NO4P. The number of nitrogens with one attached hydrogen (secondary N) is 1. The Hall–Kier alpha value is 0.0700. The minimum Gasteiger partial charge on any atom is -0.394 e. The molecule has 0 radical (unpaired) electrons. The van der Waals surface area contributed by atoms with Crippen LogP contribution in [-0.4, -0.2) is 33.8 Å². The lowest BCUT2D eigenvalue weighted by Gasteiger charge is -2.32. The predicted molar refractivity (Wildman–Crippen MR) is 78.1 cm³/mol. The number of rotatable bonds is 12. The number of unbranched alkanes of at least 4 members (excludes halogenated alkanes) is 7. The van der Waals surface area contributed by atoms with Crippen molar-refractivity contribution >= 4 is 7.60 Å². The first-order valence-electron chi connectivity index (χ1n) is 7.29. The topological polar surface area (TPSA) is 89.8 Å². The van der Waals surface area contributed by atoms with E-state index in [1.54, 1.807) is 0 Å². The van der Waals surface area contributed by atoms with Gasteiger partial charge in [0.25, 0.3) is 0 Å². The predicted octanol–water partition coefficient (Wildman–Crippen LogP) is 2.60. The maximum Gasteiger partial charge on any atom is 0.347 e. The zero-order valence-corrected chi connectivity index (χ0v) is 13.2. The van der Waals surface area contributed by atoms with Gasteiger partial charge in [-0.2, -0.15) is 0 Å². The van der Waals surface area contributed by atoms with Gasteiger partial charge in [0.1, 0.15) is 5.28 Å². The average molecular weight is 295 g/mol. The van der Waals surface area contributed by atoms with Crippen LogP contribution in [0.5, 0.6) is 0 Å². The van der Waals surface area contributed by atoms with E-state index in [-0.39, 0.29) is 0 Å². The lowest BCUT2D eigenvalue weighted by Crippen LogP contribution is -2.46. The monoisotopic (exact) mass is 295 g/mol. The van der Waals surface area contributed by atoms with Crippen molar-refractivity contribution in [3.8, 4) is 0 Å². The van der Waals surface area contributed by atoms with Crippen LogP contribution in [0.25, 0.3) is 0 Å². The summed E-state index contributed by atoms with van der Waals surface area (Å²) >= 11 is 0. The number of aliphatic hydroxyl groups is 1. The molecule has 0 amide bonds. The Balaban J connectivity index is 3.87. The Morgan fingerprint density at radius 3 is 1.84 bits per heavy atom. The van der Waals surface area contributed by atoms with Crippen molar-refractivity contribution in [2.75, 3.05) is 13.7 Å². The molecule has 19 heavy (non-hydrogen) atoms. The number of hydrogen-bond donors (Lipinski definition) is 4. The van der Waals surface area contributed by atoms with E-state index >= 15 is 0 Å². The van der Waals surface area contributed by atoms with Crippen molar-refractivity contribution < 1.29 is 19.5 Å². The smallest absolute Gasteiger partial charge is 0.347 e. The quantitative estimate of drug-likeness (QED) is 0.328. The van der Waals surface area contributed by atoms with Crippen molar-refractivity contribution in [3.05, 3.63) is 0 Å². The fourth-order valence-corrected chi connectivity index (χ4v) is 3.14. The normalized spacial score (nSPS) is 15.4. The van der Waals surface area contributed by atoms with E-state index in [0.717, 1.165) is 19.3 Å². The lowest BCUT2D eigenvalue weighted by molar-refractivity contribution is 0.181. The van der Waals surface area contributed by atoms with Gasteiger partial charge in [-0.05, 0) is 13.5 Å². The molecule has 0 heterocycles. The fraction of sp³-hybridized carbons (Fsp3) is 1.00. The third kappa shape index (κ3) is 6.87. The van der Waals surface area contributed by atoms with Crippen LogP contribution < -0.4 is 5.32 Å². The van der Waals surface area contributed by atoms with Gasteiger partial charge in [0.15, 0.2) is 0 Å². The molecule has 5 nitrogen and oxygen atoms in total. The van der Waals surface area contributed by atoms with Crippen LogP contribution in [-0.2, 0) is 4.57 Å². The number of hydrogen-bond acceptors (Lipinski definition) is 3. The van der Waals surface area contributed by atoms with Crippen LogP contribution >= 0.6 is 7.60 Å². The van der Waals surface area contributed by atoms with Crippen molar-refractivity contribution in [1.29, 1.82) is 0 Å². The second kappa shape index (κ2) is 9.89. The Morgan fingerprint density at radius 1 is 1.00 bits per heavy atom. The molecule has 116 valence electrons. The summed E-state index contributed by atoms with van der Waals surface area (Å²) in [6, 6.07) is 0. The Labute approximate surface area is 117 Å². The summed E-state index contributed by atoms with van der Waals surface area (Å²) in [5, 5.41) is 10.4. The first kappa shape index (κ1) is 19.1. The van der Waals surface area contributed by atoms with E-state index in [1.165, 1.54) is 39.2 Å². The SMILES string of the molecule is CCCCCCCCCCC(CO)(NC)P(=O)(O)O. The molecule has 0 saturated heterocycles. The van der Waals surface area contributed by atoms with E-state index in [2.05, 4.69) is 12.2 Å². The molecule has 0 rings (SSSR count). The van der Waals surface area contributed by atoms with Gasteiger partial charge in [-0.1, -0.05) is 58.3 Å². The summed E-state index contributed by atoms with van der Waals surface area (Å²) in [6.07, 6.45) is 9.29. The molecule has 0 aliphatic rings. The highest BCUT2D eigenvalue weighted by Gasteiger charge is 2.44. The fourth-order valence-electron chi connectivity index (χ4n) is 2.22. The third-order valence-electron chi connectivity index (χ3n) is 3.73. The lowest BCUT2D eigenvalue weighted by atomic mass is 10.0. The van der Waals surface area contributed by atoms with Gasteiger partial charge in [0.05, 0.1) is 6.61 Å². The molecule has 0 saturated carbocycles. The Morgan fingerprint density at radius 2 is 1.47 bits per heavy atom. The molecule has 0 aliphatic carbocycles. The molecule has 0 aromatic rings. The molecule has 4 N–H and O–H groups in total. The molecule has 0 bridgehead atoms. The van der Waals surface area contributed by atoms with Crippen molar-refractivity contribution in [1.82, 2.24) is 5.32 Å². The van der Waals surface area contributed by atoms with E-state index < -0.39 is 19.5 Å². The van der Waals surface area contributed by atoms with Crippen molar-refractivity contribution in [2.24, 2.45) is 0 Å². The largest absolute Gasteiger partial charge is 0.394 e. The van der Waals surface area contributed by atoms with Gasteiger partial charge in [0.2, 0.25) is 0 Å². The highest BCUT2D eigenvalue weighted by Crippen LogP contribution is 2.50. The maximum absolute atomic E-state index is 11.4.